The third-order valence-electron chi connectivity index (χ3n) is 1.96. The van der Waals surface area contributed by atoms with Gasteiger partial charge >= 0.3 is 11.9 Å². The quantitative estimate of drug-likeness (QED) is 0.777. The highest BCUT2D eigenvalue weighted by molar-refractivity contribution is 5.76. The maximum atomic E-state index is 11.7. The van der Waals surface area contributed by atoms with Gasteiger partial charge in [-0.1, -0.05) is 0 Å². The van der Waals surface area contributed by atoms with Crippen molar-refractivity contribution in [3.05, 3.63) is 0 Å². The van der Waals surface area contributed by atoms with E-state index in [1.165, 1.54) is 0 Å². The molecule has 0 aliphatic heterocycles. The summed E-state index contributed by atoms with van der Waals surface area (Å²) in [6.07, 6.45) is 0.227. The average molecular weight is 273 g/mol. The molecule has 0 aromatic carbocycles. The van der Waals surface area contributed by atoms with Gasteiger partial charge in [0.1, 0.15) is 17.2 Å². The van der Waals surface area contributed by atoms with Gasteiger partial charge in [-0.3, -0.25) is 9.59 Å². The van der Waals surface area contributed by atoms with Crippen LogP contribution in [0.3, 0.4) is 0 Å². The first kappa shape index (κ1) is 17.9. The highest BCUT2D eigenvalue weighted by Crippen LogP contribution is 2.09. The molecule has 112 valence electrons. The summed E-state index contributed by atoms with van der Waals surface area (Å²) in [4.78, 5) is 23.1. The number of nitrogens with one attached hydrogen (secondary N) is 1. The van der Waals surface area contributed by atoms with Crippen LogP contribution in [0.25, 0.3) is 0 Å². The molecule has 5 heteroatoms. The lowest BCUT2D eigenvalue weighted by atomic mass is 10.2. The van der Waals surface area contributed by atoms with Gasteiger partial charge in [-0.05, 0) is 48.5 Å². The minimum atomic E-state index is -0.502. The molecule has 1 N–H and O–H groups in total. The number of hydrogen-bond donors (Lipinski definition) is 1. The van der Waals surface area contributed by atoms with Gasteiger partial charge in [0.05, 0.1) is 6.42 Å². The predicted octanol–water partition coefficient (Wildman–Crippen LogP) is 2.04. The highest BCUT2D eigenvalue weighted by atomic mass is 16.6. The molecule has 0 heterocycles. The van der Waals surface area contributed by atoms with Gasteiger partial charge in [-0.2, -0.15) is 0 Å². The van der Waals surface area contributed by atoms with E-state index in [1.807, 2.05) is 41.5 Å². The third-order valence-corrected chi connectivity index (χ3v) is 1.96. The molecule has 0 saturated carbocycles. The van der Waals surface area contributed by atoms with Gasteiger partial charge in [0.2, 0.25) is 0 Å². The molecule has 0 aromatic heterocycles. The minimum absolute atomic E-state index is 0.227. The van der Waals surface area contributed by atoms with Crippen molar-refractivity contribution in [2.24, 2.45) is 0 Å². The van der Waals surface area contributed by atoms with E-state index in [1.54, 1.807) is 6.92 Å². The van der Waals surface area contributed by atoms with E-state index < -0.39 is 17.2 Å². The second-order valence-electron chi connectivity index (χ2n) is 6.55. The van der Waals surface area contributed by atoms with Crippen molar-refractivity contribution in [1.29, 1.82) is 0 Å². The molecule has 0 rings (SSSR count). The molecule has 19 heavy (non-hydrogen) atoms. The second-order valence-corrected chi connectivity index (χ2v) is 6.55. The summed E-state index contributed by atoms with van der Waals surface area (Å²) < 4.78 is 10.4. The molecule has 0 unspecified atom stereocenters. The van der Waals surface area contributed by atoms with Crippen LogP contribution in [0.5, 0.6) is 0 Å². The molecule has 0 radical (unpaired) electrons. The summed E-state index contributed by atoms with van der Waals surface area (Å²) in [7, 11) is 0. The normalized spacial score (nSPS) is 13.8. The number of esters is 2. The zero-order chi connectivity index (χ0) is 15.3. The Bertz CT molecular complexity index is 312. The smallest absolute Gasteiger partial charge is 0.323 e. The van der Waals surface area contributed by atoms with E-state index in [4.69, 9.17) is 9.47 Å². The number of carbonyl (C=O) groups excluding carboxylic acids is 2. The number of ether oxygens (including phenoxy) is 2. The summed E-state index contributed by atoms with van der Waals surface area (Å²) in [5.41, 5.74) is -0.980. The van der Waals surface area contributed by atoms with Crippen molar-refractivity contribution in [2.75, 3.05) is 6.54 Å². The lowest BCUT2D eigenvalue weighted by Crippen LogP contribution is -2.40. The molecular weight excluding hydrogens is 246 g/mol. The van der Waals surface area contributed by atoms with E-state index in [0.29, 0.717) is 6.54 Å². The Balaban J connectivity index is 3.95. The van der Waals surface area contributed by atoms with Crippen LogP contribution in [0.2, 0.25) is 0 Å². The van der Waals surface area contributed by atoms with E-state index >= 15 is 0 Å². The Hall–Kier alpha value is -1.10. The predicted molar refractivity (Wildman–Crippen MR) is 73.8 cm³/mol. The molecule has 0 fully saturated rings. The largest absolute Gasteiger partial charge is 0.460 e. The Morgan fingerprint density at radius 3 is 1.89 bits per heavy atom. The monoisotopic (exact) mass is 273 g/mol. The van der Waals surface area contributed by atoms with Gasteiger partial charge in [0.15, 0.2) is 0 Å². The van der Waals surface area contributed by atoms with Crippen LogP contribution in [0.15, 0.2) is 0 Å². The fraction of sp³-hybridized carbons (Fsp3) is 0.857. The molecule has 0 spiro atoms. The standard InChI is InChI=1S/C14H27NO4/c1-10(12(17)19-14(5,6)7)15-9-8-11(16)18-13(2,3)4/h10,15H,8-9H2,1-7H3/t10-/m0/s1. The van der Waals surface area contributed by atoms with Crippen LogP contribution in [-0.2, 0) is 19.1 Å². The van der Waals surface area contributed by atoms with Crippen molar-refractivity contribution in [3.63, 3.8) is 0 Å². The Morgan fingerprint density at radius 2 is 1.47 bits per heavy atom. The topological polar surface area (TPSA) is 64.6 Å². The van der Waals surface area contributed by atoms with Crippen molar-refractivity contribution in [3.8, 4) is 0 Å². The lowest BCUT2D eigenvalue weighted by Gasteiger charge is -2.23. The van der Waals surface area contributed by atoms with E-state index in [9.17, 15) is 9.59 Å². The molecule has 1 atom stereocenters. The molecule has 0 aliphatic carbocycles. The molecule has 0 aliphatic rings. The zero-order valence-corrected chi connectivity index (χ0v) is 13.1. The molecule has 0 saturated heterocycles. The van der Waals surface area contributed by atoms with Crippen molar-refractivity contribution in [2.45, 2.75) is 72.1 Å². The second kappa shape index (κ2) is 6.89. The molecule has 5 nitrogen and oxygen atoms in total. The van der Waals surface area contributed by atoms with Gasteiger partial charge in [-0.25, -0.2) is 0 Å². The Kier molecular flexibility index (Phi) is 6.49. The number of rotatable bonds is 5. The molecular formula is C14H27NO4. The third kappa shape index (κ3) is 10.5. The number of hydrogen-bond acceptors (Lipinski definition) is 5. The minimum Gasteiger partial charge on any atom is -0.460 e. The van der Waals surface area contributed by atoms with Crippen LogP contribution in [-0.4, -0.2) is 35.7 Å². The first-order valence-corrected chi connectivity index (χ1v) is 6.59. The SMILES string of the molecule is C[C@H](NCCC(=O)OC(C)(C)C)C(=O)OC(C)(C)C. The summed E-state index contributed by atoms with van der Waals surface area (Å²) >= 11 is 0. The summed E-state index contributed by atoms with van der Waals surface area (Å²) in [5.74, 6) is -0.604. The summed E-state index contributed by atoms with van der Waals surface area (Å²) in [5, 5.41) is 2.95. The zero-order valence-electron chi connectivity index (χ0n) is 13.1. The molecule has 0 aromatic rings. The first-order chi connectivity index (χ1) is 8.41. The van der Waals surface area contributed by atoms with Crippen LogP contribution in [0, 0.1) is 0 Å². The van der Waals surface area contributed by atoms with Gasteiger partial charge in [0, 0.05) is 6.54 Å². The van der Waals surface area contributed by atoms with Crippen LogP contribution in [0.1, 0.15) is 54.9 Å². The van der Waals surface area contributed by atoms with Crippen molar-refractivity contribution < 1.29 is 19.1 Å². The Labute approximate surface area is 116 Å². The molecule has 0 amide bonds. The van der Waals surface area contributed by atoms with Crippen LogP contribution < -0.4 is 5.32 Å². The van der Waals surface area contributed by atoms with E-state index in [0.717, 1.165) is 0 Å². The molecule has 0 bridgehead atoms. The van der Waals surface area contributed by atoms with Gasteiger partial charge in [-0.15, -0.1) is 0 Å². The highest BCUT2D eigenvalue weighted by Gasteiger charge is 2.22. The lowest BCUT2D eigenvalue weighted by molar-refractivity contribution is -0.158. The summed E-state index contributed by atoms with van der Waals surface area (Å²) in [6.45, 7) is 13.0. The van der Waals surface area contributed by atoms with E-state index in [2.05, 4.69) is 5.32 Å². The average Bonchev–Trinajstić information content (AvgIpc) is 2.11. The van der Waals surface area contributed by atoms with Crippen LogP contribution >= 0.6 is 0 Å². The van der Waals surface area contributed by atoms with E-state index in [-0.39, 0.29) is 18.4 Å². The first-order valence-electron chi connectivity index (χ1n) is 6.59. The fourth-order valence-electron chi connectivity index (χ4n) is 1.26. The van der Waals surface area contributed by atoms with Crippen LogP contribution in [0.4, 0.5) is 0 Å². The summed E-state index contributed by atoms with van der Waals surface area (Å²) in [6, 6.07) is -0.443. The van der Waals surface area contributed by atoms with Gasteiger partial charge in [0.25, 0.3) is 0 Å². The van der Waals surface area contributed by atoms with Crippen molar-refractivity contribution >= 4 is 11.9 Å². The maximum absolute atomic E-state index is 11.7. The number of carbonyl (C=O) groups is 2. The maximum Gasteiger partial charge on any atom is 0.323 e. The van der Waals surface area contributed by atoms with Gasteiger partial charge < -0.3 is 14.8 Å². The fourth-order valence-corrected chi connectivity index (χ4v) is 1.26. The van der Waals surface area contributed by atoms with Crippen molar-refractivity contribution in [1.82, 2.24) is 5.32 Å². The Morgan fingerprint density at radius 1 is 1.00 bits per heavy atom.